The number of hydrogen-bond acceptors (Lipinski definition) is 2. The number of para-hydroxylation sites is 1. The second-order valence-corrected chi connectivity index (χ2v) is 6.72. The minimum atomic E-state index is -4.60. The highest BCUT2D eigenvalue weighted by atomic mass is 19.4. The zero-order valence-electron chi connectivity index (χ0n) is 14.5. The molecule has 4 nitrogen and oxygen atoms in total. The minimum absolute atomic E-state index is 0.0238. The van der Waals surface area contributed by atoms with Gasteiger partial charge in [0, 0.05) is 18.5 Å². The number of amides is 2. The summed E-state index contributed by atoms with van der Waals surface area (Å²) in [7, 11) is 0. The van der Waals surface area contributed by atoms with Crippen LogP contribution in [0.1, 0.15) is 25.8 Å². The van der Waals surface area contributed by atoms with Crippen molar-refractivity contribution in [2.24, 2.45) is 0 Å². The first-order valence-electron chi connectivity index (χ1n) is 8.26. The molecule has 138 valence electrons. The van der Waals surface area contributed by atoms with Crippen molar-refractivity contribution in [1.29, 1.82) is 0 Å². The summed E-state index contributed by atoms with van der Waals surface area (Å²) in [6.07, 6.45) is -0.158. The van der Waals surface area contributed by atoms with Gasteiger partial charge in [-0.1, -0.05) is 35.9 Å². The van der Waals surface area contributed by atoms with Crippen molar-refractivity contribution < 1.29 is 22.8 Å². The third-order valence-electron chi connectivity index (χ3n) is 4.66. The highest BCUT2D eigenvalue weighted by molar-refractivity contribution is 6.11. The maximum atomic E-state index is 13.3. The molecule has 0 saturated carbocycles. The first-order valence-corrected chi connectivity index (χ1v) is 8.26. The molecule has 0 aromatic heterocycles. The van der Waals surface area contributed by atoms with Gasteiger partial charge in [-0.25, -0.2) is 0 Å². The number of carbonyl (C=O) groups excluding carboxylic acids is 2. The van der Waals surface area contributed by atoms with Crippen LogP contribution in [0.25, 0.3) is 0 Å². The lowest BCUT2D eigenvalue weighted by molar-refractivity contribution is -0.174. The van der Waals surface area contributed by atoms with Crippen molar-refractivity contribution >= 4 is 17.5 Å². The van der Waals surface area contributed by atoms with E-state index in [-0.39, 0.29) is 13.0 Å². The Kier molecular flexibility index (Phi) is 4.42. The maximum absolute atomic E-state index is 13.3. The number of carbonyl (C=O) groups is 2. The molecule has 2 aliphatic heterocycles. The van der Waals surface area contributed by atoms with Crippen LogP contribution in [-0.4, -0.2) is 36.0 Å². The van der Waals surface area contributed by atoms with Crippen molar-refractivity contribution in [3.05, 3.63) is 53.6 Å². The average molecular weight is 364 g/mol. The third kappa shape index (κ3) is 2.91. The van der Waals surface area contributed by atoms with E-state index in [9.17, 15) is 22.8 Å². The molecule has 0 saturated heterocycles. The fraction of sp³-hybridized carbons (Fsp3) is 0.368. The molecule has 1 spiro atoms. The van der Waals surface area contributed by atoms with Gasteiger partial charge in [-0.15, -0.1) is 0 Å². The molecule has 2 heterocycles. The van der Waals surface area contributed by atoms with Crippen molar-refractivity contribution in [1.82, 2.24) is 4.90 Å². The lowest BCUT2D eigenvalue weighted by Crippen LogP contribution is -2.58. The number of nitrogens with zero attached hydrogens (tertiary/aromatic N) is 2. The summed E-state index contributed by atoms with van der Waals surface area (Å²) in [4.78, 5) is 27.7. The van der Waals surface area contributed by atoms with Gasteiger partial charge in [-0.3, -0.25) is 9.59 Å². The summed E-state index contributed by atoms with van der Waals surface area (Å²) in [5, 5.41) is 0. The van der Waals surface area contributed by atoms with Crippen LogP contribution < -0.4 is 4.90 Å². The predicted octanol–water partition coefficient (Wildman–Crippen LogP) is 3.55. The molecule has 7 heteroatoms. The molecule has 1 aromatic rings. The summed E-state index contributed by atoms with van der Waals surface area (Å²) in [5.41, 5.74) is 0.329. The number of halogens is 3. The maximum Gasteiger partial charge on any atom is 0.406 e. The highest BCUT2D eigenvalue weighted by Gasteiger charge is 2.58. The smallest absolute Gasteiger partial charge is 0.311 e. The summed E-state index contributed by atoms with van der Waals surface area (Å²) in [6.45, 7) is 2.54. The number of anilines is 1. The fourth-order valence-electron chi connectivity index (χ4n) is 3.53. The normalized spacial score (nSPS) is 22.2. The van der Waals surface area contributed by atoms with Crippen LogP contribution in [0.15, 0.2) is 48.1 Å². The van der Waals surface area contributed by atoms with Gasteiger partial charge in [0.2, 0.25) is 5.91 Å². The van der Waals surface area contributed by atoms with Crippen LogP contribution in [-0.2, 0) is 15.1 Å². The van der Waals surface area contributed by atoms with Gasteiger partial charge >= 0.3 is 6.18 Å². The van der Waals surface area contributed by atoms with Gasteiger partial charge in [-0.05, 0) is 26.0 Å². The largest absolute Gasteiger partial charge is 0.406 e. The van der Waals surface area contributed by atoms with Crippen LogP contribution >= 0.6 is 0 Å². The van der Waals surface area contributed by atoms with Gasteiger partial charge in [0.25, 0.3) is 5.91 Å². The number of alkyl halides is 3. The number of fused-ring (bicyclic) bond motifs is 2. The monoisotopic (exact) mass is 364 g/mol. The van der Waals surface area contributed by atoms with Crippen molar-refractivity contribution in [3.63, 3.8) is 0 Å². The average Bonchev–Trinajstić information content (AvgIpc) is 2.78. The topological polar surface area (TPSA) is 40.6 Å². The first-order chi connectivity index (χ1) is 12.2. The van der Waals surface area contributed by atoms with E-state index in [4.69, 9.17) is 0 Å². The molecule has 2 aliphatic rings. The molecule has 0 fully saturated rings. The Labute approximate surface area is 149 Å². The highest BCUT2D eigenvalue weighted by Crippen LogP contribution is 2.48. The Bertz CT molecular complexity index is 809. The van der Waals surface area contributed by atoms with E-state index < -0.39 is 30.1 Å². The van der Waals surface area contributed by atoms with Crippen LogP contribution in [0, 0.1) is 0 Å². The second kappa shape index (κ2) is 6.30. The number of allylic oxidation sites excluding steroid dienone is 1. The molecule has 2 amide bonds. The van der Waals surface area contributed by atoms with E-state index in [1.54, 1.807) is 24.3 Å². The first kappa shape index (κ1) is 18.2. The molecule has 0 bridgehead atoms. The van der Waals surface area contributed by atoms with Gasteiger partial charge in [0.05, 0.1) is 5.69 Å². The zero-order chi connectivity index (χ0) is 19.1. The Hall–Kier alpha value is -2.57. The lowest BCUT2D eigenvalue weighted by Gasteiger charge is -2.41. The van der Waals surface area contributed by atoms with E-state index in [1.807, 2.05) is 19.9 Å². The fourth-order valence-corrected chi connectivity index (χ4v) is 3.53. The lowest BCUT2D eigenvalue weighted by atomic mass is 9.83. The molecule has 0 radical (unpaired) electrons. The van der Waals surface area contributed by atoms with E-state index in [1.165, 1.54) is 11.0 Å². The Morgan fingerprint density at radius 3 is 2.58 bits per heavy atom. The van der Waals surface area contributed by atoms with Crippen LogP contribution in [0.4, 0.5) is 18.9 Å². The molecule has 1 aromatic carbocycles. The van der Waals surface area contributed by atoms with Crippen molar-refractivity contribution in [3.8, 4) is 0 Å². The van der Waals surface area contributed by atoms with Gasteiger partial charge in [0.15, 0.2) is 5.54 Å². The van der Waals surface area contributed by atoms with Gasteiger partial charge < -0.3 is 9.80 Å². The molecule has 0 N–H and O–H groups in total. The number of hydrogen-bond donors (Lipinski definition) is 0. The quantitative estimate of drug-likeness (QED) is 0.770. The third-order valence-corrected chi connectivity index (χ3v) is 4.66. The molecule has 1 unspecified atom stereocenters. The van der Waals surface area contributed by atoms with Crippen molar-refractivity contribution in [2.75, 3.05) is 18.0 Å². The van der Waals surface area contributed by atoms with Gasteiger partial charge in [0.1, 0.15) is 6.54 Å². The molecule has 1 atom stereocenters. The molecule has 26 heavy (non-hydrogen) atoms. The second-order valence-electron chi connectivity index (χ2n) is 6.72. The van der Waals surface area contributed by atoms with Crippen molar-refractivity contribution in [2.45, 2.75) is 32.0 Å². The van der Waals surface area contributed by atoms with Gasteiger partial charge in [-0.2, -0.15) is 13.2 Å². The van der Waals surface area contributed by atoms with E-state index in [0.29, 0.717) is 16.2 Å². The summed E-state index contributed by atoms with van der Waals surface area (Å²) in [6, 6.07) is 6.74. The van der Waals surface area contributed by atoms with Crippen LogP contribution in [0.5, 0.6) is 0 Å². The summed E-state index contributed by atoms with van der Waals surface area (Å²) in [5.74, 6) is -1.31. The van der Waals surface area contributed by atoms with E-state index >= 15 is 0 Å². The molecular weight excluding hydrogens is 345 g/mol. The molecule has 0 aliphatic carbocycles. The summed E-state index contributed by atoms with van der Waals surface area (Å²) >= 11 is 0. The minimum Gasteiger partial charge on any atom is -0.311 e. The van der Waals surface area contributed by atoms with E-state index in [2.05, 4.69) is 0 Å². The predicted molar refractivity (Wildman–Crippen MR) is 91.4 cm³/mol. The molecular formula is C19H19F3N2O2. The Morgan fingerprint density at radius 2 is 1.92 bits per heavy atom. The summed E-state index contributed by atoms with van der Waals surface area (Å²) < 4.78 is 39.5. The SMILES string of the molecule is CC(C)=CCN1C(=O)C2(CC=CC(=O)N2CC(F)(F)F)c2ccccc21. The van der Waals surface area contributed by atoms with Crippen LogP contribution in [0.3, 0.4) is 0 Å². The molecule has 3 rings (SSSR count). The zero-order valence-corrected chi connectivity index (χ0v) is 14.5. The standard InChI is InChI=1S/C19H19F3N2O2/c1-13(2)9-11-23-15-7-4-3-6-14(15)18(17(23)26)10-5-8-16(25)24(18)12-19(20,21)22/h3-9H,10-12H2,1-2H3. The Balaban J connectivity index is 2.15. The number of benzene rings is 1. The number of rotatable bonds is 3. The van der Waals surface area contributed by atoms with E-state index in [0.717, 1.165) is 11.6 Å². The van der Waals surface area contributed by atoms with Crippen LogP contribution in [0.2, 0.25) is 0 Å². The Morgan fingerprint density at radius 1 is 1.23 bits per heavy atom.